The molecule has 0 bridgehead atoms. The van der Waals surface area contributed by atoms with E-state index in [-0.39, 0.29) is 5.91 Å². The van der Waals surface area contributed by atoms with E-state index in [0.717, 1.165) is 11.0 Å². The fourth-order valence-electron chi connectivity index (χ4n) is 1.75. The molecule has 0 aliphatic rings. The largest absolute Gasteiger partial charge is 0.469 e. The monoisotopic (exact) mass is 241 g/mol. The number of amides is 1. The van der Waals surface area contributed by atoms with Crippen LogP contribution in [0.2, 0.25) is 0 Å². The molecule has 5 nitrogen and oxygen atoms in total. The van der Waals surface area contributed by atoms with Crippen molar-refractivity contribution in [2.24, 2.45) is 0 Å². The molecule has 3 aromatic rings. The Morgan fingerprint density at radius 3 is 2.94 bits per heavy atom. The number of hydrogen-bond donors (Lipinski definition) is 2. The number of aromatic nitrogens is 2. The molecule has 0 unspecified atom stereocenters. The molecule has 2 heterocycles. The van der Waals surface area contributed by atoms with Crippen molar-refractivity contribution in [1.82, 2.24) is 9.97 Å². The number of fused-ring (bicyclic) bond motifs is 1. The zero-order valence-corrected chi connectivity index (χ0v) is 9.73. The van der Waals surface area contributed by atoms with Crippen molar-refractivity contribution in [3.63, 3.8) is 0 Å². The Morgan fingerprint density at radius 1 is 1.39 bits per heavy atom. The third kappa shape index (κ3) is 1.86. The van der Waals surface area contributed by atoms with E-state index in [1.54, 1.807) is 13.0 Å². The first kappa shape index (κ1) is 10.6. The molecule has 0 spiro atoms. The van der Waals surface area contributed by atoms with Gasteiger partial charge in [-0.2, -0.15) is 0 Å². The number of anilines is 1. The maximum Gasteiger partial charge on any atom is 0.261 e. The Hall–Kier alpha value is -2.56. The summed E-state index contributed by atoms with van der Waals surface area (Å²) in [6.07, 6.45) is 1.42. The van der Waals surface area contributed by atoms with Gasteiger partial charge >= 0.3 is 0 Å². The third-order valence-corrected chi connectivity index (χ3v) is 2.61. The van der Waals surface area contributed by atoms with E-state index in [2.05, 4.69) is 15.3 Å². The fraction of sp³-hybridized carbons (Fsp3) is 0.0769. The van der Waals surface area contributed by atoms with Crippen molar-refractivity contribution in [3.8, 4) is 0 Å². The molecule has 5 heteroatoms. The number of benzene rings is 1. The Bertz CT molecular complexity index is 679. The molecule has 0 aliphatic carbocycles. The van der Waals surface area contributed by atoms with E-state index >= 15 is 0 Å². The highest BCUT2D eigenvalue weighted by Gasteiger charge is 2.11. The normalized spacial score (nSPS) is 10.7. The lowest BCUT2D eigenvalue weighted by atomic mass is 10.3. The van der Waals surface area contributed by atoms with Gasteiger partial charge in [0.1, 0.15) is 12.0 Å². The Balaban J connectivity index is 1.86. The van der Waals surface area contributed by atoms with Crippen molar-refractivity contribution >= 4 is 22.9 Å². The van der Waals surface area contributed by atoms with Gasteiger partial charge in [0.05, 0.1) is 16.6 Å². The molecule has 18 heavy (non-hydrogen) atoms. The third-order valence-electron chi connectivity index (χ3n) is 2.61. The molecule has 2 aromatic heterocycles. The van der Waals surface area contributed by atoms with Gasteiger partial charge in [0.2, 0.25) is 5.95 Å². The Morgan fingerprint density at radius 2 is 2.22 bits per heavy atom. The van der Waals surface area contributed by atoms with Gasteiger partial charge in [0.25, 0.3) is 5.91 Å². The summed E-state index contributed by atoms with van der Waals surface area (Å²) in [5.74, 6) is 0.885. The van der Waals surface area contributed by atoms with E-state index in [1.807, 2.05) is 24.3 Å². The van der Waals surface area contributed by atoms with E-state index in [9.17, 15) is 4.79 Å². The number of para-hydroxylation sites is 2. The van der Waals surface area contributed by atoms with Crippen LogP contribution in [0.3, 0.4) is 0 Å². The summed E-state index contributed by atoms with van der Waals surface area (Å²) in [6, 6.07) is 9.27. The minimum Gasteiger partial charge on any atom is -0.469 e. The van der Waals surface area contributed by atoms with Crippen LogP contribution in [-0.2, 0) is 0 Å². The summed E-state index contributed by atoms with van der Waals surface area (Å²) in [7, 11) is 0. The van der Waals surface area contributed by atoms with E-state index in [4.69, 9.17) is 4.42 Å². The number of furan rings is 1. The van der Waals surface area contributed by atoms with Crippen LogP contribution in [0.15, 0.2) is 41.0 Å². The zero-order valence-electron chi connectivity index (χ0n) is 9.73. The summed E-state index contributed by atoms with van der Waals surface area (Å²) in [5.41, 5.74) is 2.18. The van der Waals surface area contributed by atoms with Crippen LogP contribution < -0.4 is 5.32 Å². The van der Waals surface area contributed by atoms with Crippen LogP contribution in [0.25, 0.3) is 11.0 Å². The number of carbonyl (C=O) groups excluding carboxylic acids is 1. The molecule has 1 aromatic carbocycles. The Kier molecular flexibility index (Phi) is 2.37. The molecule has 90 valence electrons. The summed E-state index contributed by atoms with van der Waals surface area (Å²) in [4.78, 5) is 19.2. The average molecular weight is 241 g/mol. The van der Waals surface area contributed by atoms with Gasteiger partial charge < -0.3 is 9.40 Å². The number of nitrogens with zero attached hydrogens (tertiary/aromatic N) is 1. The lowest BCUT2D eigenvalue weighted by molar-refractivity contribution is 0.102. The summed E-state index contributed by atoms with van der Waals surface area (Å²) in [5, 5.41) is 2.70. The van der Waals surface area contributed by atoms with E-state index in [0.29, 0.717) is 17.3 Å². The molecule has 0 fully saturated rings. The lowest BCUT2D eigenvalue weighted by Crippen LogP contribution is -2.11. The highest BCUT2D eigenvalue weighted by molar-refractivity contribution is 6.03. The van der Waals surface area contributed by atoms with Gasteiger partial charge in [-0.1, -0.05) is 12.1 Å². The van der Waals surface area contributed by atoms with Crippen LogP contribution in [0.4, 0.5) is 5.95 Å². The second-order valence-corrected chi connectivity index (χ2v) is 4.00. The SMILES string of the molecule is Cc1cc(C(=O)Nc2nc3ccccc3[nH]2)co1. The Labute approximate surface area is 103 Å². The number of nitrogens with one attached hydrogen (secondary N) is 2. The number of hydrogen-bond acceptors (Lipinski definition) is 3. The fourth-order valence-corrected chi connectivity index (χ4v) is 1.75. The molecule has 0 atom stereocenters. The van der Waals surface area contributed by atoms with Crippen molar-refractivity contribution in [2.75, 3.05) is 5.32 Å². The minimum atomic E-state index is -0.245. The van der Waals surface area contributed by atoms with Crippen molar-refractivity contribution in [1.29, 1.82) is 0 Å². The minimum absolute atomic E-state index is 0.245. The second kappa shape index (κ2) is 4.03. The number of aromatic amines is 1. The molecule has 0 saturated carbocycles. The molecular formula is C13H11N3O2. The lowest BCUT2D eigenvalue weighted by Gasteiger charge is -1.97. The number of rotatable bonds is 2. The summed E-state index contributed by atoms with van der Waals surface area (Å²) >= 11 is 0. The average Bonchev–Trinajstić information content (AvgIpc) is 2.94. The topological polar surface area (TPSA) is 70.9 Å². The highest BCUT2D eigenvalue weighted by Crippen LogP contribution is 2.14. The van der Waals surface area contributed by atoms with Crippen molar-refractivity contribution < 1.29 is 9.21 Å². The van der Waals surface area contributed by atoms with Gasteiger partial charge in [-0.3, -0.25) is 10.1 Å². The van der Waals surface area contributed by atoms with Crippen LogP contribution >= 0.6 is 0 Å². The molecule has 0 saturated heterocycles. The maximum absolute atomic E-state index is 11.9. The van der Waals surface area contributed by atoms with Crippen molar-refractivity contribution in [3.05, 3.63) is 47.9 Å². The van der Waals surface area contributed by atoms with Crippen molar-refractivity contribution in [2.45, 2.75) is 6.92 Å². The van der Waals surface area contributed by atoms with E-state index < -0.39 is 0 Å². The van der Waals surface area contributed by atoms with Crippen LogP contribution in [0.1, 0.15) is 16.1 Å². The quantitative estimate of drug-likeness (QED) is 0.724. The highest BCUT2D eigenvalue weighted by atomic mass is 16.3. The molecular weight excluding hydrogens is 230 g/mol. The van der Waals surface area contributed by atoms with Gasteiger partial charge in [0, 0.05) is 0 Å². The zero-order chi connectivity index (χ0) is 12.5. The number of imidazole rings is 1. The van der Waals surface area contributed by atoms with E-state index in [1.165, 1.54) is 6.26 Å². The summed E-state index contributed by atoms with van der Waals surface area (Å²) in [6.45, 7) is 1.79. The first-order chi connectivity index (χ1) is 8.72. The first-order valence-electron chi connectivity index (χ1n) is 5.53. The van der Waals surface area contributed by atoms with Gasteiger partial charge in [-0.15, -0.1) is 0 Å². The summed E-state index contributed by atoms with van der Waals surface area (Å²) < 4.78 is 5.09. The molecule has 3 rings (SSSR count). The standard InChI is InChI=1S/C13H11N3O2/c1-8-6-9(7-18-8)12(17)16-13-14-10-4-2-3-5-11(10)15-13/h2-7H,1H3,(H2,14,15,16,17). The molecule has 1 amide bonds. The van der Waals surface area contributed by atoms with Crippen LogP contribution in [0, 0.1) is 6.92 Å². The number of H-pyrrole nitrogens is 1. The van der Waals surface area contributed by atoms with Crippen LogP contribution in [0.5, 0.6) is 0 Å². The van der Waals surface area contributed by atoms with Gasteiger partial charge in [-0.25, -0.2) is 4.98 Å². The molecule has 2 N–H and O–H groups in total. The predicted molar refractivity (Wildman–Crippen MR) is 67.5 cm³/mol. The first-order valence-corrected chi connectivity index (χ1v) is 5.53. The van der Waals surface area contributed by atoms with Crippen LogP contribution in [-0.4, -0.2) is 15.9 Å². The van der Waals surface area contributed by atoms with Gasteiger partial charge in [0.15, 0.2) is 0 Å². The number of aryl methyl sites for hydroxylation is 1. The second-order valence-electron chi connectivity index (χ2n) is 4.00. The molecule has 0 aliphatic heterocycles. The molecule has 0 radical (unpaired) electrons. The smallest absolute Gasteiger partial charge is 0.261 e. The van der Waals surface area contributed by atoms with Gasteiger partial charge in [-0.05, 0) is 25.1 Å². The maximum atomic E-state index is 11.9. The predicted octanol–water partition coefficient (Wildman–Crippen LogP) is 2.72. The number of carbonyl (C=O) groups is 1.